The van der Waals surface area contributed by atoms with Crippen LogP contribution < -0.4 is 14.9 Å². The number of fused-ring (bicyclic) bond motifs is 1. The van der Waals surface area contributed by atoms with Crippen molar-refractivity contribution >= 4 is 22.5 Å². The lowest BCUT2D eigenvalue weighted by molar-refractivity contribution is 0.144. The third-order valence-corrected chi connectivity index (χ3v) is 5.71. The molecule has 0 saturated carbocycles. The molecule has 2 N–H and O–H groups in total. The van der Waals surface area contributed by atoms with E-state index in [1.807, 2.05) is 6.92 Å². The van der Waals surface area contributed by atoms with Crippen molar-refractivity contribution in [2.24, 2.45) is 0 Å². The van der Waals surface area contributed by atoms with E-state index in [4.69, 9.17) is 0 Å². The fourth-order valence-corrected chi connectivity index (χ4v) is 4.19. The van der Waals surface area contributed by atoms with Crippen molar-refractivity contribution in [2.45, 2.75) is 25.4 Å². The fourth-order valence-electron chi connectivity index (χ4n) is 3.50. The molecule has 0 amide bonds. The molecule has 1 fully saturated rings. The van der Waals surface area contributed by atoms with Gasteiger partial charge in [-0.1, -0.05) is 0 Å². The Morgan fingerprint density at radius 3 is 2.90 bits per heavy atom. The van der Waals surface area contributed by atoms with Crippen LogP contribution in [0.25, 0.3) is 17.0 Å². The minimum absolute atomic E-state index is 0.00989. The first-order valence-corrected chi connectivity index (χ1v) is 11.0. The third kappa shape index (κ3) is 4.30. The number of alkyl halides is 2. The van der Waals surface area contributed by atoms with Gasteiger partial charge in [-0.05, 0) is 19.1 Å². The predicted octanol–water partition coefficient (Wildman–Crippen LogP) is 1.17. The topological polar surface area (TPSA) is 100 Å². The van der Waals surface area contributed by atoms with Gasteiger partial charge in [-0.2, -0.15) is 5.10 Å². The van der Waals surface area contributed by atoms with Crippen molar-refractivity contribution in [3.8, 4) is 11.4 Å². The van der Waals surface area contributed by atoms with Crippen LogP contribution in [-0.4, -0.2) is 66.7 Å². The SMILES string of the molecule is CC(NS(C)=O)C1CN(c2cc(-c3cnc4ccc(C(F)F)nn34)ncn2)CCN1. The number of anilines is 1. The molecule has 0 spiro atoms. The summed E-state index contributed by atoms with van der Waals surface area (Å²) < 4.78 is 42.0. The number of nitrogens with zero attached hydrogens (tertiary/aromatic N) is 6. The van der Waals surface area contributed by atoms with Crippen LogP contribution in [-0.2, 0) is 11.0 Å². The first-order valence-electron chi connectivity index (χ1n) is 9.45. The minimum atomic E-state index is -2.67. The summed E-state index contributed by atoms with van der Waals surface area (Å²) in [6, 6.07) is 4.68. The molecule has 0 aromatic carbocycles. The quantitative estimate of drug-likeness (QED) is 0.598. The lowest BCUT2D eigenvalue weighted by Crippen LogP contribution is -2.58. The molecule has 1 saturated heterocycles. The van der Waals surface area contributed by atoms with Crippen molar-refractivity contribution in [3.05, 3.63) is 36.4 Å². The molecule has 9 nitrogen and oxygen atoms in total. The molecule has 3 atom stereocenters. The number of hydrogen-bond acceptors (Lipinski definition) is 7. The Morgan fingerprint density at radius 2 is 2.13 bits per heavy atom. The molecule has 4 rings (SSSR count). The van der Waals surface area contributed by atoms with Crippen LogP contribution in [0, 0.1) is 0 Å². The van der Waals surface area contributed by atoms with Crippen molar-refractivity contribution in [1.29, 1.82) is 0 Å². The first-order chi connectivity index (χ1) is 14.4. The second-order valence-corrected chi connectivity index (χ2v) is 8.25. The number of aromatic nitrogens is 5. The Labute approximate surface area is 174 Å². The van der Waals surface area contributed by atoms with Gasteiger partial charge >= 0.3 is 0 Å². The maximum atomic E-state index is 13.1. The molecule has 4 heterocycles. The van der Waals surface area contributed by atoms with Crippen LogP contribution >= 0.6 is 0 Å². The summed E-state index contributed by atoms with van der Waals surface area (Å²) in [6.07, 6.45) is 1.95. The van der Waals surface area contributed by atoms with Crippen LogP contribution in [0.3, 0.4) is 0 Å². The minimum Gasteiger partial charge on any atom is -0.354 e. The molecule has 3 aromatic heterocycles. The van der Waals surface area contributed by atoms with Gasteiger partial charge in [0.2, 0.25) is 0 Å². The van der Waals surface area contributed by atoms with Crippen LogP contribution in [0.15, 0.2) is 30.7 Å². The summed E-state index contributed by atoms with van der Waals surface area (Å²) in [5.74, 6) is 0.719. The molecule has 3 aromatic rings. The molecule has 0 radical (unpaired) electrons. The molecule has 0 bridgehead atoms. The number of nitrogens with one attached hydrogen (secondary N) is 2. The summed E-state index contributed by atoms with van der Waals surface area (Å²) in [5, 5.41) is 7.43. The van der Waals surface area contributed by atoms with E-state index in [0.717, 1.165) is 18.9 Å². The van der Waals surface area contributed by atoms with Gasteiger partial charge in [-0.3, -0.25) is 0 Å². The lowest BCUT2D eigenvalue weighted by atomic mass is 10.1. The van der Waals surface area contributed by atoms with Crippen LogP contribution in [0.5, 0.6) is 0 Å². The van der Waals surface area contributed by atoms with Crippen molar-refractivity contribution < 1.29 is 13.0 Å². The van der Waals surface area contributed by atoms with E-state index >= 15 is 0 Å². The largest absolute Gasteiger partial charge is 0.354 e. The highest BCUT2D eigenvalue weighted by molar-refractivity contribution is 7.82. The predicted molar refractivity (Wildman–Crippen MR) is 110 cm³/mol. The summed E-state index contributed by atoms with van der Waals surface area (Å²) >= 11 is 0. The van der Waals surface area contributed by atoms with Gasteiger partial charge in [0.1, 0.15) is 23.5 Å². The van der Waals surface area contributed by atoms with Crippen LogP contribution in [0.4, 0.5) is 14.6 Å². The molecule has 160 valence electrons. The van der Waals surface area contributed by atoms with Gasteiger partial charge in [0.15, 0.2) is 5.65 Å². The van der Waals surface area contributed by atoms with E-state index in [1.54, 1.807) is 18.5 Å². The van der Waals surface area contributed by atoms with Gasteiger partial charge in [-0.25, -0.2) is 37.2 Å². The fraction of sp³-hybridized carbons (Fsp3) is 0.444. The molecule has 1 aliphatic heterocycles. The Kier molecular flexibility index (Phi) is 5.97. The Hall–Kier alpha value is -2.57. The summed E-state index contributed by atoms with van der Waals surface area (Å²) in [4.78, 5) is 15.0. The van der Waals surface area contributed by atoms with E-state index in [9.17, 15) is 13.0 Å². The number of hydrogen-bond donors (Lipinski definition) is 2. The number of halogens is 2. The van der Waals surface area contributed by atoms with Crippen LogP contribution in [0.1, 0.15) is 19.0 Å². The second kappa shape index (κ2) is 8.66. The second-order valence-electron chi connectivity index (χ2n) is 7.10. The van der Waals surface area contributed by atoms with Gasteiger partial charge in [-0.15, -0.1) is 0 Å². The highest BCUT2D eigenvalue weighted by Gasteiger charge is 2.26. The molecule has 3 unspecified atom stereocenters. The van der Waals surface area contributed by atoms with Gasteiger partial charge in [0.25, 0.3) is 6.43 Å². The first kappa shape index (κ1) is 20.7. The molecule has 30 heavy (non-hydrogen) atoms. The van der Waals surface area contributed by atoms with E-state index < -0.39 is 17.4 Å². The smallest absolute Gasteiger partial charge is 0.282 e. The van der Waals surface area contributed by atoms with Crippen molar-refractivity contribution in [2.75, 3.05) is 30.8 Å². The standard InChI is InChI=1S/C18H22F2N8OS/c1-11(26-30(2)29)14-9-27(6-5-21-14)17-7-13(23-10-24-17)15-8-22-16-4-3-12(18(19)20)25-28(15)16/h3-4,7-8,10-11,14,18,21,26H,5-6,9H2,1-2H3. The monoisotopic (exact) mass is 436 g/mol. The number of rotatable bonds is 6. The maximum absolute atomic E-state index is 13.1. The lowest BCUT2D eigenvalue weighted by Gasteiger charge is -2.37. The number of piperazine rings is 1. The van der Waals surface area contributed by atoms with Crippen molar-refractivity contribution in [1.82, 2.24) is 34.6 Å². The van der Waals surface area contributed by atoms with Crippen LogP contribution in [0.2, 0.25) is 0 Å². The molecule has 1 aliphatic rings. The molecular formula is C18H22F2N8OS. The average Bonchev–Trinajstić information content (AvgIpc) is 3.16. The zero-order valence-electron chi connectivity index (χ0n) is 16.5. The van der Waals surface area contributed by atoms with E-state index in [-0.39, 0.29) is 17.8 Å². The molecule has 0 aliphatic carbocycles. The average molecular weight is 436 g/mol. The summed E-state index contributed by atoms with van der Waals surface area (Å²) in [6.45, 7) is 4.15. The molecule has 12 heteroatoms. The highest BCUT2D eigenvalue weighted by atomic mass is 32.2. The zero-order chi connectivity index (χ0) is 21.3. The van der Waals surface area contributed by atoms with Gasteiger partial charge in [0.05, 0.1) is 22.9 Å². The van der Waals surface area contributed by atoms with Gasteiger partial charge < -0.3 is 10.2 Å². The maximum Gasteiger partial charge on any atom is 0.282 e. The van der Waals surface area contributed by atoms with E-state index in [0.29, 0.717) is 23.6 Å². The van der Waals surface area contributed by atoms with E-state index in [1.165, 1.54) is 23.0 Å². The van der Waals surface area contributed by atoms with E-state index in [2.05, 4.69) is 35.0 Å². The normalized spacial score (nSPS) is 19.4. The Bertz CT molecular complexity index is 1060. The number of imidazole rings is 1. The third-order valence-electron chi connectivity index (χ3n) is 5.01. The Balaban J connectivity index is 1.61. The van der Waals surface area contributed by atoms with Gasteiger partial charge in [0, 0.05) is 44.0 Å². The molecular weight excluding hydrogens is 414 g/mol. The summed E-state index contributed by atoms with van der Waals surface area (Å²) in [7, 11) is -1.10. The zero-order valence-corrected chi connectivity index (χ0v) is 17.3. The summed E-state index contributed by atoms with van der Waals surface area (Å²) in [5.41, 5.74) is 1.20. The van der Waals surface area contributed by atoms with Crippen molar-refractivity contribution in [3.63, 3.8) is 0 Å². The highest BCUT2D eigenvalue weighted by Crippen LogP contribution is 2.24. The Morgan fingerprint density at radius 1 is 1.30 bits per heavy atom.